The molecule has 31 heavy (non-hydrogen) atoms. The van der Waals surface area contributed by atoms with E-state index in [9.17, 15) is 14.9 Å². The number of rotatable bonds is 8. The third kappa shape index (κ3) is 5.29. The standard InChI is InChI=1S/C22H20ClN3O5/c1-14-10-17(6-7-19(14)26(28)29)31-13-16-11-15(5-9-21(16)30-3)4-8-20(27)22-18(23)12-25(2)24-22/h4-12H,13H2,1-3H3/b8-4+. The number of hydrogen-bond acceptors (Lipinski definition) is 6. The molecule has 0 bridgehead atoms. The third-order valence-corrected chi connectivity index (χ3v) is 4.79. The molecule has 0 fully saturated rings. The quantitative estimate of drug-likeness (QED) is 0.216. The molecule has 0 saturated carbocycles. The zero-order valence-electron chi connectivity index (χ0n) is 17.2. The van der Waals surface area contributed by atoms with E-state index in [-0.39, 0.29) is 23.8 Å². The van der Waals surface area contributed by atoms with Gasteiger partial charge in [-0.1, -0.05) is 23.7 Å². The molecule has 8 nitrogen and oxygen atoms in total. The van der Waals surface area contributed by atoms with Crippen LogP contribution in [0.3, 0.4) is 0 Å². The van der Waals surface area contributed by atoms with Crippen LogP contribution >= 0.6 is 11.6 Å². The Kier molecular flexibility index (Phi) is 6.71. The fourth-order valence-electron chi connectivity index (χ4n) is 2.98. The topological polar surface area (TPSA) is 96.5 Å². The van der Waals surface area contributed by atoms with Gasteiger partial charge in [0, 0.05) is 30.4 Å². The summed E-state index contributed by atoms with van der Waals surface area (Å²) in [6.45, 7) is 1.84. The molecule has 0 aliphatic heterocycles. The number of benzene rings is 2. The molecule has 0 spiro atoms. The van der Waals surface area contributed by atoms with Crippen LogP contribution < -0.4 is 9.47 Å². The van der Waals surface area contributed by atoms with Gasteiger partial charge in [-0.3, -0.25) is 19.6 Å². The van der Waals surface area contributed by atoms with Crippen LogP contribution in [0.2, 0.25) is 5.02 Å². The van der Waals surface area contributed by atoms with Gasteiger partial charge in [0.05, 0.1) is 17.1 Å². The number of carbonyl (C=O) groups is 1. The molecule has 2 aromatic carbocycles. The lowest BCUT2D eigenvalue weighted by molar-refractivity contribution is -0.385. The summed E-state index contributed by atoms with van der Waals surface area (Å²) in [6.07, 6.45) is 4.62. The number of nitro benzene ring substituents is 1. The molecule has 0 N–H and O–H groups in total. The van der Waals surface area contributed by atoms with Crippen LogP contribution in [0.25, 0.3) is 6.08 Å². The summed E-state index contributed by atoms with van der Waals surface area (Å²) >= 11 is 6.02. The van der Waals surface area contributed by atoms with Crippen molar-refractivity contribution >= 4 is 29.1 Å². The number of aryl methyl sites for hydroxylation is 2. The van der Waals surface area contributed by atoms with Crippen molar-refractivity contribution in [1.82, 2.24) is 9.78 Å². The number of nitrogens with zero attached hydrogens (tertiary/aromatic N) is 3. The maximum absolute atomic E-state index is 12.3. The first-order valence-corrected chi connectivity index (χ1v) is 9.62. The molecular weight excluding hydrogens is 422 g/mol. The van der Waals surface area contributed by atoms with Crippen LogP contribution in [0.1, 0.15) is 27.2 Å². The summed E-state index contributed by atoms with van der Waals surface area (Å²) in [7, 11) is 3.24. The minimum atomic E-state index is -0.433. The highest BCUT2D eigenvalue weighted by molar-refractivity contribution is 6.34. The average molecular weight is 442 g/mol. The summed E-state index contributed by atoms with van der Waals surface area (Å²) in [5, 5.41) is 15.3. The highest BCUT2D eigenvalue weighted by Gasteiger charge is 2.13. The SMILES string of the molecule is COc1ccc(/C=C/C(=O)c2nn(C)cc2Cl)cc1COc1ccc([N+](=O)[O-])c(C)c1. The number of ether oxygens (including phenoxy) is 2. The third-order valence-electron chi connectivity index (χ3n) is 4.51. The van der Waals surface area contributed by atoms with E-state index < -0.39 is 4.92 Å². The molecular formula is C22H20ClN3O5. The Morgan fingerprint density at radius 3 is 2.68 bits per heavy atom. The molecule has 0 aliphatic rings. The van der Waals surface area contributed by atoms with Crippen molar-refractivity contribution < 1.29 is 19.2 Å². The minimum absolute atomic E-state index is 0.0368. The van der Waals surface area contributed by atoms with Crippen molar-refractivity contribution in [2.45, 2.75) is 13.5 Å². The Morgan fingerprint density at radius 2 is 2.06 bits per heavy atom. The first-order chi connectivity index (χ1) is 14.8. The molecule has 0 atom stereocenters. The molecule has 0 aliphatic carbocycles. The molecule has 1 heterocycles. The second kappa shape index (κ2) is 9.44. The van der Waals surface area contributed by atoms with Crippen LogP contribution in [0.15, 0.2) is 48.7 Å². The van der Waals surface area contributed by atoms with Gasteiger partial charge in [0.15, 0.2) is 5.69 Å². The zero-order valence-corrected chi connectivity index (χ0v) is 17.9. The number of methoxy groups -OCH3 is 1. The van der Waals surface area contributed by atoms with Crippen LogP contribution in [0.5, 0.6) is 11.5 Å². The largest absolute Gasteiger partial charge is 0.496 e. The fraction of sp³-hybridized carbons (Fsp3) is 0.182. The number of halogens is 1. The van der Waals surface area contributed by atoms with Crippen molar-refractivity contribution in [3.05, 3.63) is 86.2 Å². The van der Waals surface area contributed by atoms with Crippen LogP contribution in [0, 0.1) is 17.0 Å². The predicted molar refractivity (Wildman–Crippen MR) is 117 cm³/mol. The first kappa shape index (κ1) is 22.0. The monoisotopic (exact) mass is 441 g/mol. The van der Waals surface area contributed by atoms with Crippen LogP contribution in [0.4, 0.5) is 5.69 Å². The average Bonchev–Trinajstić information content (AvgIpc) is 3.08. The lowest BCUT2D eigenvalue weighted by Crippen LogP contribution is -2.01. The highest BCUT2D eigenvalue weighted by atomic mass is 35.5. The van der Waals surface area contributed by atoms with Crippen LogP contribution in [-0.4, -0.2) is 27.6 Å². The Labute approximate surface area is 183 Å². The van der Waals surface area contributed by atoms with Crippen molar-refractivity contribution in [3.63, 3.8) is 0 Å². The number of allylic oxidation sites excluding steroid dienone is 1. The number of ketones is 1. The van der Waals surface area contributed by atoms with E-state index in [4.69, 9.17) is 21.1 Å². The molecule has 9 heteroatoms. The molecule has 1 aromatic heterocycles. The van der Waals surface area contributed by atoms with Gasteiger partial charge < -0.3 is 9.47 Å². The second-order valence-electron chi connectivity index (χ2n) is 6.76. The second-order valence-corrected chi connectivity index (χ2v) is 7.17. The van der Waals surface area contributed by atoms with Gasteiger partial charge in [-0.25, -0.2) is 0 Å². The first-order valence-electron chi connectivity index (χ1n) is 9.25. The summed E-state index contributed by atoms with van der Waals surface area (Å²) in [4.78, 5) is 22.9. The lowest BCUT2D eigenvalue weighted by atomic mass is 10.1. The normalized spacial score (nSPS) is 11.0. The van der Waals surface area contributed by atoms with Crippen molar-refractivity contribution in [1.29, 1.82) is 0 Å². The van der Waals surface area contributed by atoms with Gasteiger partial charge in [-0.15, -0.1) is 0 Å². The van der Waals surface area contributed by atoms with Crippen molar-refractivity contribution in [2.75, 3.05) is 7.11 Å². The van der Waals surface area contributed by atoms with Crippen LogP contribution in [-0.2, 0) is 13.7 Å². The Hall–Kier alpha value is -3.65. The molecule has 160 valence electrons. The molecule has 0 unspecified atom stereocenters. The maximum Gasteiger partial charge on any atom is 0.272 e. The summed E-state index contributed by atoms with van der Waals surface area (Å²) in [6, 6.07) is 10.00. The van der Waals surface area contributed by atoms with E-state index in [0.717, 1.165) is 11.1 Å². The van der Waals surface area contributed by atoms with Gasteiger partial charge in [0.2, 0.25) is 5.78 Å². The van der Waals surface area contributed by atoms with Gasteiger partial charge in [0.25, 0.3) is 5.69 Å². The maximum atomic E-state index is 12.3. The Bertz CT molecular complexity index is 1170. The fourth-order valence-corrected chi connectivity index (χ4v) is 3.25. The summed E-state index contributed by atoms with van der Waals surface area (Å²) in [5.41, 5.74) is 2.25. The van der Waals surface area contributed by atoms with E-state index in [2.05, 4.69) is 5.10 Å². The molecule has 0 radical (unpaired) electrons. The van der Waals surface area contributed by atoms with E-state index >= 15 is 0 Å². The highest BCUT2D eigenvalue weighted by Crippen LogP contribution is 2.26. The molecule has 0 saturated heterocycles. The molecule has 3 aromatic rings. The van der Waals surface area contributed by atoms with Gasteiger partial charge >= 0.3 is 0 Å². The predicted octanol–water partition coefficient (Wildman–Crippen LogP) is 4.77. The van der Waals surface area contributed by atoms with Crippen molar-refractivity contribution in [2.24, 2.45) is 7.05 Å². The number of hydrogen-bond donors (Lipinski definition) is 0. The summed E-state index contributed by atoms with van der Waals surface area (Å²) < 4.78 is 12.7. The molecule has 0 amide bonds. The minimum Gasteiger partial charge on any atom is -0.496 e. The van der Waals surface area contributed by atoms with E-state index in [1.54, 1.807) is 51.6 Å². The van der Waals surface area contributed by atoms with E-state index in [1.165, 1.54) is 16.8 Å². The van der Waals surface area contributed by atoms with E-state index in [0.29, 0.717) is 22.1 Å². The Morgan fingerprint density at radius 1 is 1.29 bits per heavy atom. The van der Waals surface area contributed by atoms with Gasteiger partial charge in [0.1, 0.15) is 18.1 Å². The number of aromatic nitrogens is 2. The number of nitro groups is 1. The molecule has 3 rings (SSSR count). The van der Waals surface area contributed by atoms with Gasteiger partial charge in [-0.05, 0) is 42.8 Å². The summed E-state index contributed by atoms with van der Waals surface area (Å²) in [5.74, 6) is 0.821. The zero-order chi connectivity index (χ0) is 22.5. The number of carbonyl (C=O) groups excluding carboxylic acids is 1. The smallest absolute Gasteiger partial charge is 0.272 e. The lowest BCUT2D eigenvalue weighted by Gasteiger charge is -2.12. The van der Waals surface area contributed by atoms with E-state index in [1.807, 2.05) is 12.1 Å². The van der Waals surface area contributed by atoms with Gasteiger partial charge in [-0.2, -0.15) is 5.10 Å². The Balaban J connectivity index is 1.76. The van der Waals surface area contributed by atoms with Crippen molar-refractivity contribution in [3.8, 4) is 11.5 Å².